The molecular weight excluding hydrogens is 390 g/mol. The number of benzene rings is 1. The zero-order valence-electron chi connectivity index (χ0n) is 17.0. The highest BCUT2D eigenvalue weighted by Gasteiger charge is 2.43. The lowest BCUT2D eigenvalue weighted by Crippen LogP contribution is -3.23. The molecule has 2 saturated heterocycles. The van der Waals surface area contributed by atoms with Gasteiger partial charge in [0, 0.05) is 31.5 Å². The Bertz CT molecular complexity index is 813. The molecule has 0 unspecified atom stereocenters. The fraction of sp³-hybridized carbons (Fsp3) is 0.667. The summed E-state index contributed by atoms with van der Waals surface area (Å²) in [5.41, 5.74) is 0.741. The highest BCUT2D eigenvalue weighted by atomic mass is 32.2. The van der Waals surface area contributed by atoms with E-state index in [2.05, 4.69) is 4.72 Å². The Morgan fingerprint density at radius 2 is 1.72 bits per heavy atom. The third-order valence-electron chi connectivity index (χ3n) is 6.79. The largest absolute Gasteiger partial charge is 0.370 e. The number of anilines is 1. The number of quaternary nitrogens is 1. The summed E-state index contributed by atoms with van der Waals surface area (Å²) >= 11 is 0. The lowest BCUT2D eigenvalue weighted by Gasteiger charge is -2.44. The number of nitrogens with one attached hydrogen (secondary N) is 2. The minimum Gasteiger partial charge on any atom is -0.370 e. The smallest absolute Gasteiger partial charge is 0.240 e. The second-order valence-corrected chi connectivity index (χ2v) is 10.3. The maximum absolute atomic E-state index is 13.0. The second-order valence-electron chi connectivity index (χ2n) is 8.52. The quantitative estimate of drug-likeness (QED) is 0.708. The third kappa shape index (κ3) is 4.50. The molecule has 29 heavy (non-hydrogen) atoms. The van der Waals surface area contributed by atoms with E-state index in [0.29, 0.717) is 19.5 Å². The second kappa shape index (κ2) is 8.71. The molecule has 0 atom stereocenters. The molecule has 7 nitrogen and oxygen atoms in total. The summed E-state index contributed by atoms with van der Waals surface area (Å²) in [6.07, 6.45) is 7.08. The molecule has 1 aromatic carbocycles. The molecule has 0 spiro atoms. The van der Waals surface area contributed by atoms with Crippen LogP contribution < -0.4 is 14.5 Å². The highest BCUT2D eigenvalue weighted by Crippen LogP contribution is 2.27. The van der Waals surface area contributed by atoms with Gasteiger partial charge in [-0.25, -0.2) is 13.1 Å². The number of carbonyl (C=O) groups is 1. The number of sulfonamides is 1. The summed E-state index contributed by atoms with van der Waals surface area (Å²) in [6.45, 7) is 4.56. The van der Waals surface area contributed by atoms with Gasteiger partial charge in [0.05, 0.1) is 24.7 Å². The van der Waals surface area contributed by atoms with Crippen LogP contribution in [-0.2, 0) is 19.6 Å². The van der Waals surface area contributed by atoms with Crippen molar-refractivity contribution in [1.29, 1.82) is 0 Å². The first-order chi connectivity index (χ1) is 14.0. The van der Waals surface area contributed by atoms with Gasteiger partial charge in [-0.2, -0.15) is 0 Å². The Morgan fingerprint density at radius 1 is 1.03 bits per heavy atom. The van der Waals surface area contributed by atoms with E-state index in [1.54, 1.807) is 29.2 Å². The highest BCUT2D eigenvalue weighted by molar-refractivity contribution is 7.89. The lowest BCUT2D eigenvalue weighted by atomic mass is 9.80. The van der Waals surface area contributed by atoms with E-state index in [9.17, 15) is 13.2 Å². The van der Waals surface area contributed by atoms with E-state index in [1.807, 2.05) is 0 Å². The van der Waals surface area contributed by atoms with Crippen LogP contribution in [0.3, 0.4) is 0 Å². The Hall–Kier alpha value is -1.48. The third-order valence-corrected chi connectivity index (χ3v) is 8.21. The maximum atomic E-state index is 13.0. The molecule has 0 radical (unpaired) electrons. The van der Waals surface area contributed by atoms with Crippen LogP contribution in [0, 0.1) is 0 Å². The van der Waals surface area contributed by atoms with Crippen LogP contribution in [0.15, 0.2) is 29.2 Å². The van der Waals surface area contributed by atoms with Crippen molar-refractivity contribution in [3.05, 3.63) is 24.3 Å². The van der Waals surface area contributed by atoms with E-state index in [4.69, 9.17) is 4.74 Å². The summed E-state index contributed by atoms with van der Waals surface area (Å²) < 4.78 is 34.4. The molecule has 3 aliphatic rings. The number of nitrogens with zero attached hydrogens (tertiary/aromatic N) is 1. The molecule has 1 saturated carbocycles. The minimum atomic E-state index is -3.59. The first-order valence-electron chi connectivity index (χ1n) is 10.8. The van der Waals surface area contributed by atoms with Crippen molar-refractivity contribution in [2.75, 3.05) is 44.3 Å². The van der Waals surface area contributed by atoms with Gasteiger partial charge in [-0.1, -0.05) is 6.42 Å². The van der Waals surface area contributed by atoms with Crippen molar-refractivity contribution in [2.24, 2.45) is 0 Å². The number of ether oxygens (including phenoxy) is 1. The van der Waals surface area contributed by atoms with Crippen molar-refractivity contribution in [3.8, 4) is 0 Å². The summed E-state index contributed by atoms with van der Waals surface area (Å²) in [6, 6.07) is 6.69. The molecule has 0 bridgehead atoms. The molecule has 8 heteroatoms. The van der Waals surface area contributed by atoms with Crippen LogP contribution in [0.25, 0.3) is 0 Å². The number of amides is 1. The Morgan fingerprint density at radius 3 is 2.34 bits per heavy atom. The molecule has 3 fully saturated rings. The van der Waals surface area contributed by atoms with E-state index in [1.165, 1.54) is 11.3 Å². The SMILES string of the molecule is O=C1CCCN1c1ccc(S(=O)(=O)NCC2([NH+]3CCOCC3)CCCCC2)cc1. The standard InChI is InChI=1S/C21H31N3O4S/c25-20-5-4-12-24(20)18-6-8-19(9-7-18)29(26,27)22-17-21(10-2-1-3-11-21)23-13-15-28-16-14-23/h6-9,22H,1-5,10-17H2/p+1. The predicted octanol–water partition coefficient (Wildman–Crippen LogP) is 0.710. The van der Waals surface area contributed by atoms with Crippen molar-refractivity contribution < 1.29 is 22.8 Å². The fourth-order valence-corrected chi connectivity index (χ4v) is 6.20. The first kappa shape index (κ1) is 20.8. The summed E-state index contributed by atoms with van der Waals surface area (Å²) in [5, 5.41) is 0. The molecule has 1 aromatic rings. The van der Waals surface area contributed by atoms with Gasteiger partial charge in [0.1, 0.15) is 18.6 Å². The normalized spacial score (nSPS) is 23.4. The Balaban J connectivity index is 1.46. The lowest BCUT2D eigenvalue weighted by molar-refractivity contribution is -0.960. The van der Waals surface area contributed by atoms with Gasteiger partial charge in [-0.3, -0.25) is 4.79 Å². The van der Waals surface area contributed by atoms with Crippen LogP contribution in [0.2, 0.25) is 0 Å². The van der Waals surface area contributed by atoms with E-state index < -0.39 is 10.0 Å². The van der Waals surface area contributed by atoms with Gasteiger partial charge in [0.15, 0.2) is 0 Å². The van der Waals surface area contributed by atoms with E-state index in [0.717, 1.165) is 64.1 Å². The van der Waals surface area contributed by atoms with Crippen LogP contribution in [0.1, 0.15) is 44.9 Å². The van der Waals surface area contributed by atoms with E-state index in [-0.39, 0.29) is 16.3 Å². The molecular formula is C21H32N3O4S+. The number of morpholine rings is 1. The molecule has 1 amide bonds. The summed E-state index contributed by atoms with van der Waals surface area (Å²) in [5.74, 6) is 0.103. The van der Waals surface area contributed by atoms with Gasteiger partial charge < -0.3 is 14.5 Å². The Labute approximate surface area is 173 Å². The summed E-state index contributed by atoms with van der Waals surface area (Å²) in [7, 11) is -3.59. The molecule has 2 N–H and O–H groups in total. The van der Waals surface area contributed by atoms with Crippen molar-refractivity contribution in [3.63, 3.8) is 0 Å². The fourth-order valence-electron chi connectivity index (χ4n) is 5.07. The van der Waals surface area contributed by atoms with Gasteiger partial charge in [0.2, 0.25) is 15.9 Å². The van der Waals surface area contributed by atoms with E-state index >= 15 is 0 Å². The maximum Gasteiger partial charge on any atom is 0.240 e. The van der Waals surface area contributed by atoms with Crippen molar-refractivity contribution in [2.45, 2.75) is 55.4 Å². The van der Waals surface area contributed by atoms with Crippen LogP contribution in [0.5, 0.6) is 0 Å². The molecule has 0 aromatic heterocycles. The monoisotopic (exact) mass is 422 g/mol. The first-order valence-corrected chi connectivity index (χ1v) is 12.3. The zero-order chi connectivity index (χ0) is 20.3. The molecule has 160 valence electrons. The average Bonchev–Trinajstić information content (AvgIpc) is 3.20. The predicted molar refractivity (Wildman–Crippen MR) is 111 cm³/mol. The van der Waals surface area contributed by atoms with Crippen molar-refractivity contribution in [1.82, 2.24) is 4.72 Å². The van der Waals surface area contributed by atoms with Crippen molar-refractivity contribution >= 4 is 21.6 Å². The number of carbonyl (C=O) groups excluding carboxylic acids is 1. The molecule has 4 rings (SSSR count). The van der Waals surface area contributed by atoms with Crippen LogP contribution in [-0.4, -0.2) is 59.3 Å². The molecule has 1 aliphatic carbocycles. The average molecular weight is 423 g/mol. The number of hydrogen-bond acceptors (Lipinski definition) is 4. The summed E-state index contributed by atoms with van der Waals surface area (Å²) in [4.78, 5) is 15.4. The van der Waals surface area contributed by atoms with Gasteiger partial charge in [0.25, 0.3) is 0 Å². The van der Waals surface area contributed by atoms with Gasteiger partial charge in [-0.05, 0) is 43.5 Å². The molecule has 2 aliphatic heterocycles. The Kier molecular flexibility index (Phi) is 6.24. The topological polar surface area (TPSA) is 80.2 Å². The molecule has 2 heterocycles. The van der Waals surface area contributed by atoms with Gasteiger partial charge in [-0.15, -0.1) is 0 Å². The number of hydrogen-bond donors (Lipinski definition) is 2. The van der Waals surface area contributed by atoms with Crippen LogP contribution >= 0.6 is 0 Å². The van der Waals surface area contributed by atoms with Crippen LogP contribution in [0.4, 0.5) is 5.69 Å². The number of rotatable bonds is 6. The minimum absolute atomic E-state index is 0.0307. The van der Waals surface area contributed by atoms with Gasteiger partial charge >= 0.3 is 0 Å². The zero-order valence-corrected chi connectivity index (χ0v) is 17.8.